The van der Waals surface area contributed by atoms with Gasteiger partial charge >= 0.3 is 0 Å². The molecule has 35 heavy (non-hydrogen) atoms. The predicted octanol–water partition coefficient (Wildman–Crippen LogP) is 7.58. The summed E-state index contributed by atoms with van der Waals surface area (Å²) in [4.78, 5) is 12.2. The number of aliphatic hydroxyl groups is 1. The molecule has 1 rings (SSSR count). The molecule has 0 radical (unpaired) electrons. The number of rotatable bonds is 21. The fraction of sp³-hybridized carbons (Fsp3) is 0.767. The van der Waals surface area contributed by atoms with Crippen LogP contribution in [0.3, 0.4) is 0 Å². The molecule has 1 aromatic rings. The van der Waals surface area contributed by atoms with Crippen LogP contribution < -0.4 is 11.1 Å². The second kappa shape index (κ2) is 21.0. The summed E-state index contributed by atoms with van der Waals surface area (Å²) in [5.74, 6) is -0.234. The van der Waals surface area contributed by atoms with Crippen LogP contribution in [0.15, 0.2) is 24.3 Å². The van der Waals surface area contributed by atoms with E-state index in [0.29, 0.717) is 13.0 Å². The number of nitrogens with one attached hydrogen (secondary N) is 1. The number of aliphatic hydroxyl groups excluding tert-OH is 1. The van der Waals surface area contributed by atoms with E-state index in [1.54, 1.807) is 0 Å². The quantitative estimate of drug-likeness (QED) is 0.149. The molecule has 5 heteroatoms. The zero-order chi connectivity index (χ0) is 25.1. The van der Waals surface area contributed by atoms with Gasteiger partial charge in [-0.2, -0.15) is 0 Å². The molecule has 0 saturated carbocycles. The van der Waals surface area contributed by atoms with Gasteiger partial charge in [0.2, 0.25) is 5.91 Å². The van der Waals surface area contributed by atoms with Crippen molar-refractivity contribution in [2.75, 3.05) is 6.54 Å². The number of aryl methyl sites for hydroxylation is 1. The number of halogens is 1. The van der Waals surface area contributed by atoms with E-state index in [2.05, 4.69) is 24.4 Å². The van der Waals surface area contributed by atoms with Crippen LogP contribution in [0, 0.1) is 0 Å². The van der Waals surface area contributed by atoms with Crippen molar-refractivity contribution in [3.63, 3.8) is 0 Å². The molecule has 0 aromatic heterocycles. The van der Waals surface area contributed by atoms with Crippen LogP contribution in [0.25, 0.3) is 0 Å². The van der Waals surface area contributed by atoms with E-state index in [1.807, 2.05) is 26.0 Å². The summed E-state index contributed by atoms with van der Waals surface area (Å²) in [7, 11) is 0. The summed E-state index contributed by atoms with van der Waals surface area (Å²) in [6.45, 7) is 6.88. The number of hydrogen-bond acceptors (Lipinski definition) is 3. The van der Waals surface area contributed by atoms with E-state index in [4.69, 9.17) is 5.73 Å². The molecule has 0 heterocycles. The van der Waals surface area contributed by atoms with Crippen LogP contribution in [0.1, 0.15) is 135 Å². The molecule has 1 aromatic carbocycles. The van der Waals surface area contributed by atoms with Gasteiger partial charge in [-0.25, -0.2) is 0 Å². The lowest BCUT2D eigenvalue weighted by Gasteiger charge is -2.23. The van der Waals surface area contributed by atoms with Gasteiger partial charge in [-0.05, 0) is 44.2 Å². The van der Waals surface area contributed by atoms with Gasteiger partial charge in [-0.1, -0.05) is 121 Å². The van der Waals surface area contributed by atoms with Crippen LogP contribution >= 0.6 is 12.4 Å². The molecule has 0 bridgehead atoms. The molecule has 1 atom stereocenters. The Balaban J connectivity index is 0.0000116. The van der Waals surface area contributed by atoms with Crippen LogP contribution in [0.4, 0.5) is 0 Å². The molecule has 204 valence electrons. The van der Waals surface area contributed by atoms with Crippen molar-refractivity contribution in [3.05, 3.63) is 35.4 Å². The Labute approximate surface area is 222 Å². The Morgan fingerprint density at radius 3 is 1.86 bits per heavy atom. The van der Waals surface area contributed by atoms with Gasteiger partial charge < -0.3 is 16.2 Å². The Kier molecular flexibility index (Phi) is 20.4. The Morgan fingerprint density at radius 2 is 1.34 bits per heavy atom. The molecule has 0 spiro atoms. The molecular formula is C30H55ClN2O2. The van der Waals surface area contributed by atoms with Gasteiger partial charge in [0, 0.05) is 12.1 Å². The van der Waals surface area contributed by atoms with Crippen LogP contribution in [-0.4, -0.2) is 23.7 Å². The monoisotopic (exact) mass is 510 g/mol. The van der Waals surface area contributed by atoms with E-state index in [1.165, 1.54) is 82.6 Å². The maximum absolute atomic E-state index is 12.2. The largest absolute Gasteiger partial charge is 0.383 e. The highest BCUT2D eigenvalue weighted by atomic mass is 35.5. The van der Waals surface area contributed by atoms with Crippen molar-refractivity contribution in [2.24, 2.45) is 5.73 Å². The summed E-state index contributed by atoms with van der Waals surface area (Å²) in [6.07, 6.45) is 19.7. The second-order valence-corrected chi connectivity index (χ2v) is 10.7. The molecule has 1 unspecified atom stereocenters. The van der Waals surface area contributed by atoms with Crippen molar-refractivity contribution >= 4 is 18.3 Å². The smallest absolute Gasteiger partial charge is 0.248 e. The number of hydrogen-bond donors (Lipinski definition) is 3. The van der Waals surface area contributed by atoms with E-state index in [-0.39, 0.29) is 23.9 Å². The lowest BCUT2D eigenvalue weighted by atomic mass is 9.89. The fourth-order valence-corrected chi connectivity index (χ4v) is 4.64. The molecule has 0 fully saturated rings. The molecule has 0 saturated heterocycles. The summed E-state index contributed by atoms with van der Waals surface area (Å²) < 4.78 is 0. The van der Waals surface area contributed by atoms with Gasteiger partial charge in [0.05, 0.1) is 0 Å². The number of carbonyl (C=O) groups is 1. The second-order valence-electron chi connectivity index (χ2n) is 10.7. The zero-order valence-electron chi connectivity index (χ0n) is 23.0. The van der Waals surface area contributed by atoms with Crippen molar-refractivity contribution < 1.29 is 9.90 Å². The number of benzene rings is 1. The summed E-state index contributed by atoms with van der Waals surface area (Å²) in [5.41, 5.74) is 8.28. The van der Waals surface area contributed by atoms with Crippen molar-refractivity contribution in [3.8, 4) is 0 Å². The average molecular weight is 511 g/mol. The number of carbonyl (C=O) groups excluding carboxylic acids is 1. The minimum Gasteiger partial charge on any atom is -0.383 e. The van der Waals surface area contributed by atoms with Crippen LogP contribution in [-0.2, 0) is 16.8 Å². The average Bonchev–Trinajstić information content (AvgIpc) is 2.81. The fourth-order valence-electron chi connectivity index (χ4n) is 4.64. The standard InChI is InChI=1S/C30H54N2O2.ClH/c1-4-5-6-7-8-9-10-11-12-13-14-15-16-17-24-28(33)29(34)32-25-20-22-26-21-18-19-23-27(26)30(2,3)31;/h18-19,21,23,28,33H,4-17,20,22,24-25,31H2,1-3H3,(H,32,34);1H. The highest BCUT2D eigenvalue weighted by Gasteiger charge is 2.18. The minimum atomic E-state index is -0.882. The maximum Gasteiger partial charge on any atom is 0.248 e. The number of unbranched alkanes of at least 4 members (excludes halogenated alkanes) is 13. The lowest BCUT2D eigenvalue weighted by Crippen LogP contribution is -2.35. The molecule has 0 aliphatic heterocycles. The highest BCUT2D eigenvalue weighted by Crippen LogP contribution is 2.22. The lowest BCUT2D eigenvalue weighted by molar-refractivity contribution is -0.129. The van der Waals surface area contributed by atoms with Crippen LogP contribution in [0.2, 0.25) is 0 Å². The van der Waals surface area contributed by atoms with E-state index >= 15 is 0 Å². The zero-order valence-corrected chi connectivity index (χ0v) is 23.8. The molecule has 0 aliphatic carbocycles. The first kappa shape index (κ1) is 33.9. The SMILES string of the molecule is CCCCCCCCCCCCCCCCC(O)C(=O)NCCCc1ccccc1C(C)(C)N.Cl. The topological polar surface area (TPSA) is 75.3 Å². The summed E-state index contributed by atoms with van der Waals surface area (Å²) in [5, 5.41) is 13.0. The van der Waals surface area contributed by atoms with E-state index in [0.717, 1.165) is 31.2 Å². The Bertz CT molecular complexity index is 645. The number of nitrogens with two attached hydrogens (primary N) is 1. The van der Waals surface area contributed by atoms with E-state index < -0.39 is 6.10 Å². The first-order valence-corrected chi connectivity index (χ1v) is 14.2. The third-order valence-electron chi connectivity index (χ3n) is 6.77. The molecule has 4 nitrogen and oxygen atoms in total. The third-order valence-corrected chi connectivity index (χ3v) is 6.77. The maximum atomic E-state index is 12.2. The first-order chi connectivity index (χ1) is 16.4. The first-order valence-electron chi connectivity index (χ1n) is 14.2. The van der Waals surface area contributed by atoms with Crippen LogP contribution in [0.5, 0.6) is 0 Å². The van der Waals surface area contributed by atoms with Gasteiger partial charge in [0.25, 0.3) is 0 Å². The van der Waals surface area contributed by atoms with Gasteiger partial charge in [-0.15, -0.1) is 12.4 Å². The normalized spacial score (nSPS) is 12.3. The van der Waals surface area contributed by atoms with Crippen molar-refractivity contribution in [2.45, 2.75) is 142 Å². The van der Waals surface area contributed by atoms with Gasteiger partial charge in [0.1, 0.15) is 6.10 Å². The summed E-state index contributed by atoms with van der Waals surface area (Å²) >= 11 is 0. The van der Waals surface area contributed by atoms with E-state index in [9.17, 15) is 9.90 Å². The molecule has 4 N–H and O–H groups in total. The van der Waals surface area contributed by atoms with Gasteiger partial charge in [-0.3, -0.25) is 4.79 Å². The minimum absolute atomic E-state index is 0. The molecular weight excluding hydrogens is 456 g/mol. The molecule has 1 amide bonds. The predicted molar refractivity (Wildman–Crippen MR) is 153 cm³/mol. The van der Waals surface area contributed by atoms with Crippen molar-refractivity contribution in [1.82, 2.24) is 5.32 Å². The third kappa shape index (κ3) is 17.1. The Hall–Kier alpha value is -1.10. The number of amides is 1. The van der Waals surface area contributed by atoms with Gasteiger partial charge in [0.15, 0.2) is 0 Å². The molecule has 0 aliphatic rings. The van der Waals surface area contributed by atoms with Crippen molar-refractivity contribution in [1.29, 1.82) is 0 Å². The summed E-state index contributed by atoms with van der Waals surface area (Å²) in [6, 6.07) is 8.23. The highest BCUT2D eigenvalue weighted by molar-refractivity contribution is 5.85. The Morgan fingerprint density at radius 1 is 0.857 bits per heavy atom.